The normalized spacial score (nSPS) is 17.4. The van der Waals surface area contributed by atoms with Gasteiger partial charge in [-0.25, -0.2) is 4.79 Å². The fraction of sp³-hybridized carbons (Fsp3) is 0.375. The highest BCUT2D eigenvalue weighted by molar-refractivity contribution is 5.87. The minimum absolute atomic E-state index is 0.00999. The smallest absolute Gasteiger partial charge is 0.330 e. The van der Waals surface area contributed by atoms with Crippen molar-refractivity contribution in [2.24, 2.45) is 0 Å². The first-order valence-corrected chi connectivity index (χ1v) is 9.63. The topological polar surface area (TPSA) is 55.8 Å². The van der Waals surface area contributed by atoms with Crippen LogP contribution in [0.5, 0.6) is 11.5 Å². The van der Waals surface area contributed by atoms with Gasteiger partial charge in [-0.3, -0.25) is 0 Å². The minimum Gasteiger partial charge on any atom is -0.507 e. The Labute approximate surface area is 166 Å². The molecule has 0 amide bonds. The van der Waals surface area contributed by atoms with E-state index in [0.717, 1.165) is 39.1 Å². The molecule has 1 heterocycles. The summed E-state index contributed by atoms with van der Waals surface area (Å²) in [6, 6.07) is 8.08. The lowest BCUT2D eigenvalue weighted by atomic mass is 9.78. The average Bonchev–Trinajstić information content (AvgIpc) is 2.95. The van der Waals surface area contributed by atoms with Crippen LogP contribution < -0.4 is 4.74 Å². The van der Waals surface area contributed by atoms with Gasteiger partial charge in [0.2, 0.25) is 0 Å². The van der Waals surface area contributed by atoms with Crippen LogP contribution in [0.4, 0.5) is 0 Å². The maximum absolute atomic E-state index is 11.5. The van der Waals surface area contributed by atoms with Crippen molar-refractivity contribution >= 4 is 12.0 Å². The van der Waals surface area contributed by atoms with Gasteiger partial charge >= 0.3 is 5.97 Å². The van der Waals surface area contributed by atoms with Crippen LogP contribution in [0.25, 0.3) is 6.08 Å². The summed E-state index contributed by atoms with van der Waals surface area (Å²) in [5, 5.41) is 10.6. The van der Waals surface area contributed by atoms with E-state index in [-0.39, 0.29) is 11.9 Å². The average molecular weight is 380 g/mol. The minimum atomic E-state index is -0.430. The molecule has 0 fully saturated rings. The number of phenols is 1. The van der Waals surface area contributed by atoms with Crippen molar-refractivity contribution in [2.45, 2.75) is 53.1 Å². The van der Waals surface area contributed by atoms with E-state index < -0.39 is 5.60 Å². The number of hydrogen-bond acceptors (Lipinski definition) is 4. The molecular weight excluding hydrogens is 352 g/mol. The summed E-state index contributed by atoms with van der Waals surface area (Å²) >= 11 is 0. The van der Waals surface area contributed by atoms with Gasteiger partial charge < -0.3 is 14.6 Å². The molecule has 4 heteroatoms. The zero-order valence-electron chi connectivity index (χ0n) is 17.4. The van der Waals surface area contributed by atoms with E-state index in [0.29, 0.717) is 12.4 Å². The summed E-state index contributed by atoms with van der Waals surface area (Å²) in [5.41, 5.74) is 5.40. The van der Waals surface area contributed by atoms with Crippen LogP contribution in [0.15, 0.2) is 30.3 Å². The predicted molar refractivity (Wildman–Crippen MR) is 111 cm³/mol. The lowest BCUT2D eigenvalue weighted by Crippen LogP contribution is -2.31. The number of ether oxygens (including phenoxy) is 2. The zero-order chi connectivity index (χ0) is 20.6. The number of carbonyl (C=O) groups excluding carboxylic acids is 1. The van der Waals surface area contributed by atoms with Crippen molar-refractivity contribution < 1.29 is 19.4 Å². The van der Waals surface area contributed by atoms with Crippen molar-refractivity contribution in [1.82, 2.24) is 0 Å². The molecule has 1 N–H and O–H groups in total. The number of benzene rings is 2. The van der Waals surface area contributed by atoms with Crippen LogP contribution in [-0.4, -0.2) is 23.3 Å². The third-order valence-electron chi connectivity index (χ3n) is 5.58. The third kappa shape index (κ3) is 3.39. The molecular formula is C24H28O4. The van der Waals surface area contributed by atoms with Gasteiger partial charge in [-0.2, -0.15) is 0 Å². The molecule has 0 aliphatic carbocycles. The van der Waals surface area contributed by atoms with Gasteiger partial charge in [-0.05, 0) is 75.4 Å². The Morgan fingerprint density at radius 1 is 1.14 bits per heavy atom. The van der Waals surface area contributed by atoms with Gasteiger partial charge in [-0.1, -0.05) is 24.3 Å². The first-order valence-electron chi connectivity index (χ1n) is 9.63. The van der Waals surface area contributed by atoms with Crippen LogP contribution in [0.1, 0.15) is 60.1 Å². The number of hydrogen-bond donors (Lipinski definition) is 1. The second kappa shape index (κ2) is 7.34. The van der Waals surface area contributed by atoms with Gasteiger partial charge in [0, 0.05) is 11.6 Å². The molecule has 0 radical (unpaired) electrons. The van der Waals surface area contributed by atoms with Crippen molar-refractivity contribution in [3.05, 3.63) is 63.7 Å². The SMILES string of the molecule is CCOC(=O)C=Cc1ccc(C2c3c(C)c(O)c(C)c(C)c3OC2(C)C)cc1. The van der Waals surface area contributed by atoms with E-state index in [4.69, 9.17) is 9.47 Å². The number of esters is 1. The largest absolute Gasteiger partial charge is 0.507 e. The monoisotopic (exact) mass is 380 g/mol. The van der Waals surface area contributed by atoms with E-state index >= 15 is 0 Å². The van der Waals surface area contributed by atoms with Crippen molar-refractivity contribution in [1.29, 1.82) is 0 Å². The van der Waals surface area contributed by atoms with E-state index in [2.05, 4.69) is 26.0 Å². The van der Waals surface area contributed by atoms with Crippen LogP contribution in [-0.2, 0) is 9.53 Å². The van der Waals surface area contributed by atoms with Crippen LogP contribution in [0.3, 0.4) is 0 Å². The van der Waals surface area contributed by atoms with E-state index in [9.17, 15) is 9.90 Å². The van der Waals surface area contributed by atoms with Crippen LogP contribution in [0, 0.1) is 20.8 Å². The first-order chi connectivity index (χ1) is 13.2. The molecule has 28 heavy (non-hydrogen) atoms. The summed E-state index contributed by atoms with van der Waals surface area (Å²) < 4.78 is 11.3. The lowest BCUT2D eigenvalue weighted by Gasteiger charge is -2.27. The van der Waals surface area contributed by atoms with E-state index in [1.54, 1.807) is 13.0 Å². The Morgan fingerprint density at radius 3 is 2.39 bits per heavy atom. The number of carbonyl (C=O) groups is 1. The second-order valence-corrected chi connectivity index (χ2v) is 7.86. The van der Waals surface area contributed by atoms with Gasteiger partial charge in [0.1, 0.15) is 17.1 Å². The Bertz CT molecular complexity index is 936. The molecule has 1 atom stereocenters. The molecule has 148 valence electrons. The molecule has 0 saturated heterocycles. The maximum Gasteiger partial charge on any atom is 0.330 e. The Kier molecular flexibility index (Phi) is 5.24. The maximum atomic E-state index is 11.5. The number of phenolic OH excluding ortho intramolecular Hbond substituents is 1. The fourth-order valence-electron chi connectivity index (χ4n) is 4.00. The highest BCUT2D eigenvalue weighted by atomic mass is 16.5. The summed E-state index contributed by atoms with van der Waals surface area (Å²) in [6.45, 7) is 12.2. The summed E-state index contributed by atoms with van der Waals surface area (Å²) in [4.78, 5) is 11.5. The fourth-order valence-corrected chi connectivity index (χ4v) is 4.00. The summed E-state index contributed by atoms with van der Waals surface area (Å²) in [7, 11) is 0. The molecule has 0 bridgehead atoms. The number of rotatable bonds is 4. The molecule has 2 aromatic carbocycles. The summed E-state index contributed by atoms with van der Waals surface area (Å²) in [6.07, 6.45) is 3.18. The molecule has 0 spiro atoms. The number of fused-ring (bicyclic) bond motifs is 1. The molecule has 3 rings (SSSR count). The van der Waals surface area contributed by atoms with E-state index in [1.165, 1.54) is 6.08 Å². The van der Waals surface area contributed by atoms with Gasteiger partial charge in [0.15, 0.2) is 0 Å². The van der Waals surface area contributed by atoms with Crippen LogP contribution >= 0.6 is 0 Å². The zero-order valence-corrected chi connectivity index (χ0v) is 17.4. The Hall–Kier alpha value is -2.75. The molecule has 0 saturated carbocycles. The Balaban J connectivity index is 2.00. The molecule has 1 aliphatic rings. The summed E-state index contributed by atoms with van der Waals surface area (Å²) in [5.74, 6) is 0.893. The van der Waals surface area contributed by atoms with E-state index in [1.807, 2.05) is 32.9 Å². The van der Waals surface area contributed by atoms with Gasteiger partial charge in [-0.15, -0.1) is 0 Å². The Morgan fingerprint density at radius 2 is 1.79 bits per heavy atom. The molecule has 2 aromatic rings. The predicted octanol–water partition coefficient (Wildman–Crippen LogP) is 5.20. The number of aromatic hydroxyl groups is 1. The molecule has 0 aromatic heterocycles. The second-order valence-electron chi connectivity index (χ2n) is 7.86. The van der Waals surface area contributed by atoms with Gasteiger partial charge in [0.25, 0.3) is 0 Å². The van der Waals surface area contributed by atoms with Gasteiger partial charge in [0.05, 0.1) is 12.5 Å². The quantitative estimate of drug-likeness (QED) is 0.585. The van der Waals surface area contributed by atoms with Crippen molar-refractivity contribution in [3.8, 4) is 11.5 Å². The lowest BCUT2D eigenvalue weighted by molar-refractivity contribution is -0.137. The van der Waals surface area contributed by atoms with Crippen molar-refractivity contribution in [2.75, 3.05) is 6.61 Å². The standard InChI is InChI=1S/C24H28O4/c1-7-27-19(25)13-10-17-8-11-18(12-9-17)21-20-16(4)22(26)14(2)15(3)23(20)28-24(21,5)6/h8-13,21,26H,7H2,1-6H3. The highest BCUT2D eigenvalue weighted by Crippen LogP contribution is 2.53. The van der Waals surface area contributed by atoms with Crippen molar-refractivity contribution in [3.63, 3.8) is 0 Å². The molecule has 1 aliphatic heterocycles. The molecule has 4 nitrogen and oxygen atoms in total. The molecule has 1 unspecified atom stereocenters. The van der Waals surface area contributed by atoms with Crippen LogP contribution in [0.2, 0.25) is 0 Å². The highest BCUT2D eigenvalue weighted by Gasteiger charge is 2.44. The third-order valence-corrected chi connectivity index (χ3v) is 5.58. The first kappa shape index (κ1) is 20.0.